The van der Waals surface area contributed by atoms with Crippen LogP contribution in [0.4, 0.5) is 0 Å². The van der Waals surface area contributed by atoms with Crippen molar-refractivity contribution < 1.29 is 18.6 Å². The van der Waals surface area contributed by atoms with Gasteiger partial charge in [-0.15, -0.1) is 0 Å². The monoisotopic (exact) mass is 287 g/mol. The van der Waals surface area contributed by atoms with Gasteiger partial charge >= 0.3 is 0 Å². The Morgan fingerprint density at radius 3 is 2.00 bits per heavy atom. The summed E-state index contributed by atoms with van der Waals surface area (Å²) in [6, 6.07) is 6.75. The van der Waals surface area contributed by atoms with Gasteiger partial charge < -0.3 is 10.2 Å². The van der Waals surface area contributed by atoms with Crippen LogP contribution in [0.25, 0.3) is 0 Å². The van der Waals surface area contributed by atoms with Crippen LogP contribution in [-0.2, 0) is 9.84 Å². The molecule has 1 aromatic carbocycles. The van der Waals surface area contributed by atoms with Crippen molar-refractivity contribution >= 4 is 9.84 Å². The number of hydrogen-bond donors (Lipinski definition) is 2. The van der Waals surface area contributed by atoms with Gasteiger partial charge in [0.15, 0.2) is 9.84 Å². The van der Waals surface area contributed by atoms with Crippen molar-refractivity contribution in [2.75, 3.05) is 38.6 Å². The fourth-order valence-corrected chi connectivity index (χ4v) is 3.02. The van der Waals surface area contributed by atoms with Gasteiger partial charge in [0.1, 0.15) is 0 Å². The fourth-order valence-electron chi connectivity index (χ4n) is 1.73. The van der Waals surface area contributed by atoms with E-state index in [-0.39, 0.29) is 19.0 Å². The van der Waals surface area contributed by atoms with Gasteiger partial charge in [-0.05, 0) is 19.1 Å². The molecule has 0 radical (unpaired) electrons. The molecular formula is C13H21NO4S. The standard InChI is InChI=1S/C13H21NO4S/c1-12-2-4-13(5-3-12)19(17,18)11-8-14(6-9-15)7-10-16/h2-5,15-16H,6-11H2,1H3. The Hall–Kier alpha value is -0.950. The molecule has 6 heteroatoms. The second-order valence-corrected chi connectivity index (χ2v) is 6.53. The minimum Gasteiger partial charge on any atom is -0.395 e. The lowest BCUT2D eigenvalue weighted by molar-refractivity contribution is 0.167. The normalized spacial score (nSPS) is 12.0. The van der Waals surface area contributed by atoms with Crippen molar-refractivity contribution in [1.29, 1.82) is 0 Å². The summed E-state index contributed by atoms with van der Waals surface area (Å²) in [5.41, 5.74) is 1.01. The quantitative estimate of drug-likeness (QED) is 0.707. The van der Waals surface area contributed by atoms with Crippen molar-refractivity contribution in [2.45, 2.75) is 11.8 Å². The number of rotatable bonds is 8. The molecule has 0 aromatic heterocycles. The maximum atomic E-state index is 12.1. The predicted octanol–water partition coefficient (Wildman–Crippen LogP) is 0.0553. The van der Waals surface area contributed by atoms with E-state index in [1.165, 1.54) is 0 Å². The molecule has 0 atom stereocenters. The Bertz CT molecular complexity index is 464. The van der Waals surface area contributed by atoms with Crippen molar-refractivity contribution in [2.24, 2.45) is 0 Å². The highest BCUT2D eigenvalue weighted by Crippen LogP contribution is 2.12. The number of aliphatic hydroxyl groups is 2. The zero-order valence-corrected chi connectivity index (χ0v) is 11.9. The molecule has 0 saturated heterocycles. The zero-order chi connectivity index (χ0) is 14.3. The first kappa shape index (κ1) is 16.1. The number of aliphatic hydroxyl groups excluding tert-OH is 2. The van der Waals surface area contributed by atoms with Crippen LogP contribution >= 0.6 is 0 Å². The summed E-state index contributed by atoms with van der Waals surface area (Å²) in [4.78, 5) is 2.04. The summed E-state index contributed by atoms with van der Waals surface area (Å²) < 4.78 is 24.2. The Kier molecular flexibility index (Phi) is 6.44. The van der Waals surface area contributed by atoms with Gasteiger partial charge in [-0.25, -0.2) is 8.42 Å². The Labute approximate surface area is 114 Å². The lowest BCUT2D eigenvalue weighted by Gasteiger charge is -2.19. The summed E-state index contributed by atoms with van der Waals surface area (Å²) in [6.45, 7) is 2.83. The van der Waals surface area contributed by atoms with Crippen molar-refractivity contribution in [1.82, 2.24) is 4.90 Å². The van der Waals surface area contributed by atoms with Crippen LogP contribution in [-0.4, -0.2) is 62.1 Å². The number of nitrogens with zero attached hydrogens (tertiary/aromatic N) is 1. The van der Waals surface area contributed by atoms with Gasteiger partial charge in [0.05, 0.1) is 23.9 Å². The molecule has 0 aliphatic rings. The molecule has 0 heterocycles. The third-order valence-corrected chi connectivity index (χ3v) is 4.60. The molecule has 0 bridgehead atoms. The van der Waals surface area contributed by atoms with E-state index in [4.69, 9.17) is 10.2 Å². The van der Waals surface area contributed by atoms with Gasteiger partial charge in [-0.1, -0.05) is 17.7 Å². The van der Waals surface area contributed by atoms with Crippen LogP contribution in [0.15, 0.2) is 29.2 Å². The minimum atomic E-state index is -3.31. The number of sulfone groups is 1. The average molecular weight is 287 g/mol. The van der Waals surface area contributed by atoms with Gasteiger partial charge in [0.25, 0.3) is 0 Å². The zero-order valence-electron chi connectivity index (χ0n) is 11.1. The third kappa shape index (κ3) is 5.28. The van der Waals surface area contributed by atoms with E-state index >= 15 is 0 Å². The molecule has 0 saturated carbocycles. The molecule has 0 aliphatic carbocycles. The summed E-state index contributed by atoms with van der Waals surface area (Å²) in [7, 11) is -3.31. The SMILES string of the molecule is Cc1ccc(S(=O)(=O)CCN(CCO)CCO)cc1. The van der Waals surface area contributed by atoms with Crippen molar-refractivity contribution in [3.8, 4) is 0 Å². The minimum absolute atomic E-state index is 0.0178. The van der Waals surface area contributed by atoms with E-state index in [1.54, 1.807) is 29.2 Å². The second-order valence-electron chi connectivity index (χ2n) is 4.42. The van der Waals surface area contributed by atoms with Crippen LogP contribution in [0.1, 0.15) is 5.56 Å². The highest BCUT2D eigenvalue weighted by atomic mass is 32.2. The van der Waals surface area contributed by atoms with Crippen molar-refractivity contribution in [3.05, 3.63) is 29.8 Å². The van der Waals surface area contributed by atoms with Crippen LogP contribution < -0.4 is 0 Å². The Balaban J connectivity index is 2.66. The summed E-state index contributed by atoms with van der Waals surface area (Å²) in [5.74, 6) is -0.0178. The molecule has 2 N–H and O–H groups in total. The molecule has 0 unspecified atom stereocenters. The predicted molar refractivity (Wildman–Crippen MR) is 73.8 cm³/mol. The molecule has 1 rings (SSSR count). The molecule has 108 valence electrons. The maximum absolute atomic E-state index is 12.1. The first-order valence-electron chi connectivity index (χ1n) is 6.23. The molecule has 5 nitrogen and oxygen atoms in total. The van der Waals surface area contributed by atoms with Gasteiger partial charge in [0, 0.05) is 19.6 Å². The molecule has 0 fully saturated rings. The van der Waals surface area contributed by atoms with Gasteiger partial charge in [-0.3, -0.25) is 4.90 Å². The second kappa shape index (κ2) is 7.59. The van der Waals surface area contributed by atoms with Crippen molar-refractivity contribution in [3.63, 3.8) is 0 Å². The largest absolute Gasteiger partial charge is 0.395 e. The molecular weight excluding hydrogens is 266 g/mol. The fraction of sp³-hybridized carbons (Fsp3) is 0.538. The molecule has 0 aliphatic heterocycles. The topological polar surface area (TPSA) is 77.8 Å². The van der Waals surface area contributed by atoms with Gasteiger partial charge in [-0.2, -0.15) is 0 Å². The van der Waals surface area contributed by atoms with Crippen LogP contribution in [0.5, 0.6) is 0 Å². The number of aryl methyl sites for hydroxylation is 1. The van der Waals surface area contributed by atoms with E-state index in [1.807, 2.05) is 6.92 Å². The lowest BCUT2D eigenvalue weighted by atomic mass is 10.2. The third-order valence-electron chi connectivity index (χ3n) is 2.89. The van der Waals surface area contributed by atoms with Gasteiger partial charge in [0.2, 0.25) is 0 Å². The summed E-state index contributed by atoms with van der Waals surface area (Å²) in [5, 5.41) is 17.7. The number of benzene rings is 1. The molecule has 19 heavy (non-hydrogen) atoms. The summed E-state index contributed by atoms with van der Waals surface area (Å²) in [6.07, 6.45) is 0. The first-order chi connectivity index (χ1) is 8.99. The highest BCUT2D eigenvalue weighted by Gasteiger charge is 2.16. The molecule has 0 spiro atoms. The van der Waals surface area contributed by atoms with E-state index < -0.39 is 9.84 Å². The smallest absolute Gasteiger partial charge is 0.179 e. The lowest BCUT2D eigenvalue weighted by Crippen LogP contribution is -2.34. The molecule has 0 amide bonds. The highest BCUT2D eigenvalue weighted by molar-refractivity contribution is 7.91. The Morgan fingerprint density at radius 2 is 1.53 bits per heavy atom. The summed E-state index contributed by atoms with van der Waals surface area (Å²) >= 11 is 0. The molecule has 1 aromatic rings. The van der Waals surface area contributed by atoms with E-state index in [9.17, 15) is 8.42 Å². The first-order valence-corrected chi connectivity index (χ1v) is 7.88. The number of hydrogen-bond acceptors (Lipinski definition) is 5. The van der Waals surface area contributed by atoms with Crippen LogP contribution in [0.3, 0.4) is 0 Å². The maximum Gasteiger partial charge on any atom is 0.179 e. The van der Waals surface area contributed by atoms with E-state index in [0.717, 1.165) is 5.56 Å². The average Bonchev–Trinajstić information content (AvgIpc) is 2.37. The Morgan fingerprint density at radius 1 is 1.00 bits per heavy atom. The van der Waals surface area contributed by atoms with Crippen LogP contribution in [0, 0.1) is 6.92 Å². The van der Waals surface area contributed by atoms with Crippen LogP contribution in [0.2, 0.25) is 0 Å². The van der Waals surface area contributed by atoms with E-state index in [0.29, 0.717) is 24.5 Å². The van der Waals surface area contributed by atoms with E-state index in [2.05, 4.69) is 0 Å².